The topological polar surface area (TPSA) is 65.8 Å². The van der Waals surface area contributed by atoms with Gasteiger partial charge in [-0.3, -0.25) is 9.78 Å². The van der Waals surface area contributed by atoms with Crippen molar-refractivity contribution in [1.29, 1.82) is 5.26 Å². The summed E-state index contributed by atoms with van der Waals surface area (Å²) in [6, 6.07) is 11.2. The molecule has 1 aromatic carbocycles. The minimum atomic E-state index is -0.336. The summed E-state index contributed by atoms with van der Waals surface area (Å²) in [5.41, 5.74) is 1.66. The maximum atomic E-state index is 13.0. The molecule has 0 bridgehead atoms. The maximum absolute atomic E-state index is 13.0. The van der Waals surface area contributed by atoms with Crippen LogP contribution in [0.4, 0.5) is 4.39 Å². The summed E-state index contributed by atoms with van der Waals surface area (Å²) < 4.78 is 13.0. The number of benzene rings is 1. The third kappa shape index (κ3) is 3.62. The molecule has 0 radical (unpaired) electrons. The van der Waals surface area contributed by atoms with Crippen LogP contribution >= 0.6 is 0 Å². The standard InChI is InChI=1S/C15H12FN3O/c16-13-3-1-2-11(8-13)10-19-15(20)12-5-7-18-14(9-12)4-6-17/h1-3,5,7-9H,4,10H2,(H,19,20). The van der Waals surface area contributed by atoms with Crippen LogP contribution in [0, 0.1) is 17.1 Å². The highest BCUT2D eigenvalue weighted by Gasteiger charge is 2.07. The van der Waals surface area contributed by atoms with Crippen LogP contribution in [0.1, 0.15) is 21.6 Å². The van der Waals surface area contributed by atoms with Crippen molar-refractivity contribution in [2.75, 3.05) is 0 Å². The molecule has 2 rings (SSSR count). The highest BCUT2D eigenvalue weighted by Crippen LogP contribution is 2.05. The van der Waals surface area contributed by atoms with Crippen molar-refractivity contribution >= 4 is 5.91 Å². The van der Waals surface area contributed by atoms with Gasteiger partial charge in [0.1, 0.15) is 5.82 Å². The molecule has 100 valence electrons. The average Bonchev–Trinajstić information content (AvgIpc) is 2.45. The summed E-state index contributed by atoms with van der Waals surface area (Å²) in [5, 5.41) is 11.3. The lowest BCUT2D eigenvalue weighted by Crippen LogP contribution is -2.23. The zero-order valence-corrected chi connectivity index (χ0v) is 10.6. The van der Waals surface area contributed by atoms with E-state index in [1.54, 1.807) is 24.3 Å². The number of nitriles is 1. The molecule has 0 saturated heterocycles. The van der Waals surface area contributed by atoms with Gasteiger partial charge in [-0.15, -0.1) is 0 Å². The fourth-order valence-electron chi connectivity index (χ4n) is 1.73. The van der Waals surface area contributed by atoms with Gasteiger partial charge >= 0.3 is 0 Å². The molecule has 0 aliphatic carbocycles. The lowest BCUT2D eigenvalue weighted by atomic mass is 10.1. The number of pyridine rings is 1. The van der Waals surface area contributed by atoms with Crippen molar-refractivity contribution in [3.8, 4) is 6.07 Å². The van der Waals surface area contributed by atoms with Gasteiger partial charge < -0.3 is 5.32 Å². The second-order valence-corrected chi connectivity index (χ2v) is 4.18. The fraction of sp³-hybridized carbons (Fsp3) is 0.133. The normalized spacial score (nSPS) is 9.80. The largest absolute Gasteiger partial charge is 0.348 e. The number of hydrogen-bond acceptors (Lipinski definition) is 3. The first kappa shape index (κ1) is 13.7. The SMILES string of the molecule is N#CCc1cc(C(=O)NCc2cccc(F)c2)ccn1. The van der Waals surface area contributed by atoms with Crippen molar-refractivity contribution in [2.45, 2.75) is 13.0 Å². The van der Waals surface area contributed by atoms with Crippen LogP contribution in [-0.2, 0) is 13.0 Å². The Kier molecular flexibility index (Phi) is 4.40. The zero-order chi connectivity index (χ0) is 14.4. The van der Waals surface area contributed by atoms with E-state index in [0.717, 1.165) is 0 Å². The Morgan fingerprint density at radius 2 is 2.20 bits per heavy atom. The van der Waals surface area contributed by atoms with E-state index in [1.165, 1.54) is 18.3 Å². The first-order valence-corrected chi connectivity index (χ1v) is 6.03. The number of rotatable bonds is 4. The van der Waals surface area contributed by atoms with Gasteiger partial charge in [-0.2, -0.15) is 5.26 Å². The average molecular weight is 269 g/mol. The lowest BCUT2D eigenvalue weighted by Gasteiger charge is -2.06. The molecule has 0 unspecified atom stereocenters. The first-order valence-electron chi connectivity index (χ1n) is 6.03. The molecule has 0 fully saturated rings. The van der Waals surface area contributed by atoms with E-state index in [9.17, 15) is 9.18 Å². The van der Waals surface area contributed by atoms with Gasteiger partial charge in [-0.1, -0.05) is 12.1 Å². The summed E-state index contributed by atoms with van der Waals surface area (Å²) in [6.07, 6.45) is 1.65. The zero-order valence-electron chi connectivity index (χ0n) is 10.6. The monoisotopic (exact) mass is 269 g/mol. The van der Waals surface area contributed by atoms with E-state index in [1.807, 2.05) is 6.07 Å². The van der Waals surface area contributed by atoms with Gasteiger partial charge in [0.05, 0.1) is 18.2 Å². The Balaban J connectivity index is 2.01. The number of halogens is 1. The van der Waals surface area contributed by atoms with Crippen LogP contribution in [0.15, 0.2) is 42.6 Å². The Labute approximate surface area is 115 Å². The molecule has 1 aromatic heterocycles. The molecule has 1 heterocycles. The van der Waals surface area contributed by atoms with Crippen molar-refractivity contribution in [3.63, 3.8) is 0 Å². The molecule has 5 heteroatoms. The molecule has 0 aliphatic rings. The third-order valence-electron chi connectivity index (χ3n) is 2.68. The molecular formula is C15H12FN3O. The van der Waals surface area contributed by atoms with Gasteiger partial charge in [0.2, 0.25) is 0 Å². The predicted molar refractivity (Wildman–Crippen MR) is 71.1 cm³/mol. The lowest BCUT2D eigenvalue weighted by molar-refractivity contribution is 0.0950. The van der Waals surface area contributed by atoms with Crippen molar-refractivity contribution in [1.82, 2.24) is 10.3 Å². The fourth-order valence-corrected chi connectivity index (χ4v) is 1.73. The second kappa shape index (κ2) is 6.43. The van der Waals surface area contributed by atoms with Crippen LogP contribution in [0.3, 0.4) is 0 Å². The summed E-state index contributed by atoms with van der Waals surface area (Å²) in [5.74, 6) is -0.618. The van der Waals surface area contributed by atoms with E-state index in [2.05, 4.69) is 10.3 Å². The van der Waals surface area contributed by atoms with Gasteiger partial charge in [-0.05, 0) is 29.8 Å². The molecule has 4 nitrogen and oxygen atoms in total. The Morgan fingerprint density at radius 3 is 2.95 bits per heavy atom. The van der Waals surface area contributed by atoms with E-state index < -0.39 is 0 Å². The first-order chi connectivity index (χ1) is 9.69. The van der Waals surface area contributed by atoms with Crippen molar-refractivity contribution < 1.29 is 9.18 Å². The minimum absolute atomic E-state index is 0.158. The quantitative estimate of drug-likeness (QED) is 0.925. The number of aromatic nitrogens is 1. The number of hydrogen-bond donors (Lipinski definition) is 1. The molecule has 1 amide bonds. The molecule has 20 heavy (non-hydrogen) atoms. The van der Waals surface area contributed by atoms with Crippen LogP contribution in [0.25, 0.3) is 0 Å². The predicted octanol–water partition coefficient (Wildman–Crippen LogP) is 2.22. The highest BCUT2D eigenvalue weighted by atomic mass is 19.1. The van der Waals surface area contributed by atoms with Crippen LogP contribution in [-0.4, -0.2) is 10.9 Å². The summed E-state index contributed by atoms with van der Waals surface area (Å²) >= 11 is 0. The van der Waals surface area contributed by atoms with E-state index in [4.69, 9.17) is 5.26 Å². The molecular weight excluding hydrogens is 257 g/mol. The number of carbonyl (C=O) groups excluding carboxylic acids is 1. The molecule has 0 atom stereocenters. The van der Waals surface area contributed by atoms with Crippen LogP contribution in [0.5, 0.6) is 0 Å². The second-order valence-electron chi connectivity index (χ2n) is 4.18. The Bertz CT molecular complexity index is 664. The van der Waals surface area contributed by atoms with Gasteiger partial charge in [0.15, 0.2) is 0 Å². The molecule has 0 saturated carbocycles. The number of carbonyl (C=O) groups is 1. The smallest absolute Gasteiger partial charge is 0.251 e. The number of nitrogens with zero attached hydrogens (tertiary/aromatic N) is 2. The van der Waals surface area contributed by atoms with Gasteiger partial charge in [0, 0.05) is 18.3 Å². The summed E-state index contributed by atoms with van der Waals surface area (Å²) in [4.78, 5) is 15.9. The minimum Gasteiger partial charge on any atom is -0.348 e. The molecule has 1 N–H and O–H groups in total. The van der Waals surface area contributed by atoms with Crippen molar-refractivity contribution in [3.05, 3.63) is 65.2 Å². The molecule has 0 aliphatic heterocycles. The van der Waals surface area contributed by atoms with Crippen LogP contribution < -0.4 is 5.32 Å². The Morgan fingerprint density at radius 1 is 1.35 bits per heavy atom. The summed E-state index contributed by atoms with van der Waals surface area (Å²) in [7, 11) is 0. The molecule has 0 spiro atoms. The number of nitrogens with one attached hydrogen (secondary N) is 1. The van der Waals surface area contributed by atoms with E-state index >= 15 is 0 Å². The summed E-state index contributed by atoms with van der Waals surface area (Å²) in [6.45, 7) is 0.243. The van der Waals surface area contributed by atoms with E-state index in [-0.39, 0.29) is 24.7 Å². The van der Waals surface area contributed by atoms with Gasteiger partial charge in [0.25, 0.3) is 5.91 Å². The third-order valence-corrected chi connectivity index (χ3v) is 2.68. The Hall–Kier alpha value is -2.74. The van der Waals surface area contributed by atoms with Crippen LogP contribution in [0.2, 0.25) is 0 Å². The molecule has 2 aromatic rings. The number of amides is 1. The van der Waals surface area contributed by atoms with E-state index in [0.29, 0.717) is 16.8 Å². The van der Waals surface area contributed by atoms with Crippen molar-refractivity contribution in [2.24, 2.45) is 0 Å². The maximum Gasteiger partial charge on any atom is 0.251 e. The van der Waals surface area contributed by atoms with Gasteiger partial charge in [-0.25, -0.2) is 4.39 Å². The highest BCUT2D eigenvalue weighted by molar-refractivity contribution is 5.94.